The summed E-state index contributed by atoms with van der Waals surface area (Å²) in [4.78, 5) is 34.0. The van der Waals surface area contributed by atoms with Crippen molar-refractivity contribution < 1.29 is 9.59 Å². The first kappa shape index (κ1) is 16.7. The van der Waals surface area contributed by atoms with E-state index in [4.69, 9.17) is 23.2 Å². The van der Waals surface area contributed by atoms with Crippen molar-refractivity contribution in [2.45, 2.75) is 6.92 Å². The number of anilines is 1. The Bertz CT molecular complexity index is 725. The molecule has 0 radical (unpaired) electrons. The molecule has 9 heteroatoms. The fraction of sp³-hybridized carbons (Fsp3) is 0.231. The molecule has 0 aliphatic heterocycles. The largest absolute Gasteiger partial charge is 0.344 e. The van der Waals surface area contributed by atoms with Gasteiger partial charge in [-0.05, 0) is 19.1 Å². The van der Waals surface area contributed by atoms with Crippen molar-refractivity contribution >= 4 is 51.5 Å². The Balaban J connectivity index is 2.22. The van der Waals surface area contributed by atoms with E-state index in [0.29, 0.717) is 15.7 Å². The Morgan fingerprint density at radius 3 is 2.32 bits per heavy atom. The number of rotatable bonds is 3. The monoisotopic (exact) mass is 358 g/mol. The molecule has 0 unspecified atom stereocenters. The SMILES string of the molecule is Cc1nc(NC(=O)c2cc(Cl)nc(Cl)c2)sc1C(=O)N(C)C. The lowest BCUT2D eigenvalue weighted by molar-refractivity contribution is 0.0831. The maximum atomic E-state index is 12.2. The lowest BCUT2D eigenvalue weighted by Gasteiger charge is -2.07. The Hall–Kier alpha value is -1.70. The fourth-order valence-electron chi connectivity index (χ4n) is 1.62. The van der Waals surface area contributed by atoms with E-state index in [1.165, 1.54) is 17.0 Å². The Morgan fingerprint density at radius 2 is 1.77 bits per heavy atom. The molecule has 0 atom stereocenters. The number of thiazole rings is 1. The number of aromatic nitrogens is 2. The summed E-state index contributed by atoms with van der Waals surface area (Å²) in [5.74, 6) is -0.589. The Kier molecular flexibility index (Phi) is 5.00. The third-order valence-electron chi connectivity index (χ3n) is 2.64. The Morgan fingerprint density at radius 1 is 1.18 bits per heavy atom. The molecule has 0 spiro atoms. The molecular weight excluding hydrogens is 347 g/mol. The molecule has 6 nitrogen and oxygen atoms in total. The third-order valence-corrected chi connectivity index (χ3v) is 4.09. The maximum absolute atomic E-state index is 12.2. The first-order valence-corrected chi connectivity index (χ1v) is 7.68. The van der Waals surface area contributed by atoms with Gasteiger partial charge in [0.05, 0.1) is 5.69 Å². The van der Waals surface area contributed by atoms with Crippen LogP contribution >= 0.6 is 34.5 Å². The lowest BCUT2D eigenvalue weighted by Crippen LogP contribution is -2.21. The second-order valence-corrected chi connectivity index (χ2v) is 6.36. The van der Waals surface area contributed by atoms with Gasteiger partial charge in [0.25, 0.3) is 11.8 Å². The zero-order valence-electron chi connectivity index (χ0n) is 12.0. The van der Waals surface area contributed by atoms with Crippen molar-refractivity contribution in [3.8, 4) is 0 Å². The number of aryl methyl sites for hydroxylation is 1. The van der Waals surface area contributed by atoms with Gasteiger partial charge in [0, 0.05) is 19.7 Å². The fourth-order valence-corrected chi connectivity index (χ4v) is 3.06. The van der Waals surface area contributed by atoms with Gasteiger partial charge >= 0.3 is 0 Å². The molecule has 1 N–H and O–H groups in total. The smallest absolute Gasteiger partial charge is 0.265 e. The van der Waals surface area contributed by atoms with Gasteiger partial charge in [0.2, 0.25) is 0 Å². The molecule has 116 valence electrons. The van der Waals surface area contributed by atoms with Gasteiger partial charge in [-0.15, -0.1) is 0 Å². The Labute approximate surface area is 141 Å². The summed E-state index contributed by atoms with van der Waals surface area (Å²) < 4.78 is 0. The van der Waals surface area contributed by atoms with Gasteiger partial charge in [-0.3, -0.25) is 14.9 Å². The molecule has 2 rings (SSSR count). The van der Waals surface area contributed by atoms with Crippen LogP contribution in [0.1, 0.15) is 25.7 Å². The van der Waals surface area contributed by atoms with Crippen LogP contribution in [0, 0.1) is 6.92 Å². The molecule has 2 aromatic rings. The summed E-state index contributed by atoms with van der Waals surface area (Å²) in [7, 11) is 3.31. The third kappa shape index (κ3) is 3.73. The van der Waals surface area contributed by atoms with Crippen LogP contribution in [0.15, 0.2) is 12.1 Å². The second kappa shape index (κ2) is 6.60. The number of amides is 2. The van der Waals surface area contributed by atoms with Crippen molar-refractivity contribution in [1.82, 2.24) is 14.9 Å². The van der Waals surface area contributed by atoms with Gasteiger partial charge in [0.15, 0.2) is 5.13 Å². The minimum atomic E-state index is -0.427. The van der Waals surface area contributed by atoms with Gasteiger partial charge < -0.3 is 4.90 Å². The number of nitrogens with zero attached hydrogens (tertiary/aromatic N) is 3. The van der Waals surface area contributed by atoms with Gasteiger partial charge in [-0.1, -0.05) is 34.5 Å². The van der Waals surface area contributed by atoms with Gasteiger partial charge in [-0.2, -0.15) is 0 Å². The van der Waals surface area contributed by atoms with E-state index in [-0.39, 0.29) is 21.8 Å². The molecule has 0 bridgehead atoms. The maximum Gasteiger partial charge on any atom is 0.265 e. The van der Waals surface area contributed by atoms with Crippen LogP contribution in [0.3, 0.4) is 0 Å². The average Bonchev–Trinajstić information content (AvgIpc) is 2.77. The van der Waals surface area contributed by atoms with E-state index in [9.17, 15) is 9.59 Å². The number of hydrogen-bond acceptors (Lipinski definition) is 5. The predicted octanol–water partition coefficient (Wildman–Crippen LogP) is 3.11. The lowest BCUT2D eigenvalue weighted by atomic mass is 10.2. The van der Waals surface area contributed by atoms with E-state index in [2.05, 4.69) is 15.3 Å². The molecule has 2 amide bonds. The summed E-state index contributed by atoms with van der Waals surface area (Å²) in [5, 5.41) is 3.19. The minimum Gasteiger partial charge on any atom is -0.344 e. The van der Waals surface area contributed by atoms with Crippen molar-refractivity contribution in [3.05, 3.63) is 38.6 Å². The molecule has 22 heavy (non-hydrogen) atoms. The van der Waals surface area contributed by atoms with Crippen molar-refractivity contribution in [2.24, 2.45) is 0 Å². The highest BCUT2D eigenvalue weighted by Crippen LogP contribution is 2.24. The van der Waals surface area contributed by atoms with Gasteiger partial charge in [-0.25, -0.2) is 9.97 Å². The molecule has 0 aliphatic rings. The van der Waals surface area contributed by atoms with Crippen LogP contribution in [0.2, 0.25) is 10.3 Å². The summed E-state index contributed by atoms with van der Waals surface area (Å²) >= 11 is 12.6. The number of hydrogen-bond donors (Lipinski definition) is 1. The van der Waals surface area contributed by atoms with Crippen LogP contribution in [-0.4, -0.2) is 40.8 Å². The van der Waals surface area contributed by atoms with E-state index in [0.717, 1.165) is 11.3 Å². The molecule has 0 fully saturated rings. The first-order chi connectivity index (χ1) is 10.3. The van der Waals surface area contributed by atoms with E-state index in [1.54, 1.807) is 21.0 Å². The number of nitrogens with one attached hydrogen (secondary N) is 1. The normalized spacial score (nSPS) is 10.4. The quantitative estimate of drug-likeness (QED) is 0.855. The van der Waals surface area contributed by atoms with Crippen molar-refractivity contribution in [2.75, 3.05) is 19.4 Å². The number of carbonyl (C=O) groups is 2. The summed E-state index contributed by atoms with van der Waals surface area (Å²) in [6.07, 6.45) is 0. The topological polar surface area (TPSA) is 75.2 Å². The zero-order chi connectivity index (χ0) is 16.4. The van der Waals surface area contributed by atoms with E-state index in [1.807, 2.05) is 0 Å². The van der Waals surface area contributed by atoms with Crippen molar-refractivity contribution in [1.29, 1.82) is 0 Å². The first-order valence-electron chi connectivity index (χ1n) is 6.11. The molecule has 0 aliphatic carbocycles. The number of carbonyl (C=O) groups excluding carboxylic acids is 2. The minimum absolute atomic E-state index is 0.122. The van der Waals surface area contributed by atoms with Crippen molar-refractivity contribution in [3.63, 3.8) is 0 Å². The second-order valence-electron chi connectivity index (χ2n) is 4.59. The van der Waals surface area contributed by atoms with E-state index >= 15 is 0 Å². The van der Waals surface area contributed by atoms with E-state index < -0.39 is 5.91 Å². The zero-order valence-corrected chi connectivity index (χ0v) is 14.3. The van der Waals surface area contributed by atoms with Crippen LogP contribution in [0.4, 0.5) is 5.13 Å². The summed E-state index contributed by atoms with van der Waals surface area (Å²) in [6, 6.07) is 2.80. The van der Waals surface area contributed by atoms with Gasteiger partial charge in [0.1, 0.15) is 15.2 Å². The molecule has 0 aromatic carbocycles. The highest BCUT2D eigenvalue weighted by molar-refractivity contribution is 7.17. The highest BCUT2D eigenvalue weighted by Gasteiger charge is 2.18. The molecule has 2 heterocycles. The molecular formula is C13H12Cl2N4O2S. The molecule has 2 aromatic heterocycles. The average molecular weight is 359 g/mol. The molecule has 0 saturated carbocycles. The number of pyridine rings is 1. The predicted molar refractivity (Wildman–Crippen MR) is 87.1 cm³/mol. The summed E-state index contributed by atoms with van der Waals surface area (Å²) in [5.41, 5.74) is 0.822. The number of halogens is 2. The van der Waals surface area contributed by atoms with Crippen LogP contribution < -0.4 is 5.32 Å². The standard InChI is InChI=1S/C13H12Cl2N4O2S/c1-6-10(12(21)19(2)3)22-13(16-6)18-11(20)7-4-8(14)17-9(15)5-7/h4-5H,1-3H3,(H,16,18,20). The van der Waals surface area contributed by atoms with Crippen LogP contribution in [0.5, 0.6) is 0 Å². The highest BCUT2D eigenvalue weighted by atomic mass is 35.5. The molecule has 0 saturated heterocycles. The van der Waals surface area contributed by atoms with Crippen LogP contribution in [-0.2, 0) is 0 Å². The summed E-state index contributed by atoms with van der Waals surface area (Å²) in [6.45, 7) is 1.71. The van der Waals surface area contributed by atoms with Crippen LogP contribution in [0.25, 0.3) is 0 Å².